The van der Waals surface area contributed by atoms with Crippen molar-refractivity contribution in [3.8, 4) is 0 Å². The van der Waals surface area contributed by atoms with E-state index in [1.165, 1.54) is 0 Å². The van der Waals surface area contributed by atoms with E-state index in [4.69, 9.17) is 14.6 Å². The normalized spacial score (nSPS) is 35.3. The molecule has 54 valence electrons. The highest BCUT2D eigenvalue weighted by atomic mass is 16.7. The SMILES string of the molecule is COC1CC[C@H](CO)O1. The van der Waals surface area contributed by atoms with Crippen LogP contribution in [0.4, 0.5) is 0 Å². The van der Waals surface area contributed by atoms with Gasteiger partial charge in [0.2, 0.25) is 0 Å². The summed E-state index contributed by atoms with van der Waals surface area (Å²) in [7, 11) is 1.62. The van der Waals surface area contributed by atoms with Gasteiger partial charge in [-0.1, -0.05) is 0 Å². The van der Waals surface area contributed by atoms with Crippen molar-refractivity contribution in [2.75, 3.05) is 13.7 Å². The van der Waals surface area contributed by atoms with Crippen LogP contribution in [0.3, 0.4) is 0 Å². The second-order valence-corrected chi connectivity index (χ2v) is 2.18. The minimum Gasteiger partial charge on any atom is -0.394 e. The average Bonchev–Trinajstić information content (AvgIpc) is 2.34. The van der Waals surface area contributed by atoms with E-state index >= 15 is 0 Å². The molecule has 0 bridgehead atoms. The number of hydrogen-bond acceptors (Lipinski definition) is 3. The predicted molar refractivity (Wildman–Crippen MR) is 32.0 cm³/mol. The van der Waals surface area contributed by atoms with Crippen LogP contribution in [-0.4, -0.2) is 31.2 Å². The Labute approximate surface area is 54.6 Å². The van der Waals surface area contributed by atoms with E-state index < -0.39 is 0 Å². The highest BCUT2D eigenvalue weighted by Gasteiger charge is 2.23. The lowest BCUT2D eigenvalue weighted by Crippen LogP contribution is -2.15. The van der Waals surface area contributed by atoms with Crippen LogP contribution in [0.5, 0.6) is 0 Å². The van der Waals surface area contributed by atoms with E-state index in [9.17, 15) is 0 Å². The first-order valence-corrected chi connectivity index (χ1v) is 3.16. The van der Waals surface area contributed by atoms with E-state index in [2.05, 4.69) is 0 Å². The second kappa shape index (κ2) is 3.15. The van der Waals surface area contributed by atoms with Gasteiger partial charge < -0.3 is 14.6 Å². The minimum absolute atomic E-state index is 0.00921. The summed E-state index contributed by atoms with van der Waals surface area (Å²) in [6.45, 7) is 0.111. The second-order valence-electron chi connectivity index (χ2n) is 2.18. The minimum atomic E-state index is -0.0813. The van der Waals surface area contributed by atoms with E-state index in [0.717, 1.165) is 12.8 Å². The molecule has 1 N–H and O–H groups in total. The van der Waals surface area contributed by atoms with Crippen LogP contribution in [0.15, 0.2) is 0 Å². The van der Waals surface area contributed by atoms with Gasteiger partial charge in [-0.25, -0.2) is 0 Å². The first kappa shape index (κ1) is 6.99. The maximum Gasteiger partial charge on any atom is 0.157 e. The van der Waals surface area contributed by atoms with Gasteiger partial charge >= 0.3 is 0 Å². The molecular formula is C6H12O3. The van der Waals surface area contributed by atoms with Gasteiger partial charge in [0.15, 0.2) is 6.29 Å². The molecule has 1 rings (SSSR count). The summed E-state index contributed by atoms with van der Waals surface area (Å²) in [4.78, 5) is 0. The molecule has 9 heavy (non-hydrogen) atoms. The molecule has 3 heteroatoms. The fourth-order valence-electron chi connectivity index (χ4n) is 0.980. The van der Waals surface area contributed by atoms with Crippen molar-refractivity contribution >= 4 is 0 Å². The van der Waals surface area contributed by atoms with Gasteiger partial charge in [0.1, 0.15) is 0 Å². The molecule has 2 atom stereocenters. The molecule has 1 heterocycles. The van der Waals surface area contributed by atoms with Gasteiger partial charge in [0.05, 0.1) is 12.7 Å². The predicted octanol–water partition coefficient (Wildman–Crippen LogP) is 0.130. The quantitative estimate of drug-likeness (QED) is 0.580. The molecule has 1 aliphatic rings. The average molecular weight is 132 g/mol. The van der Waals surface area contributed by atoms with E-state index in [-0.39, 0.29) is 19.0 Å². The molecule has 0 saturated carbocycles. The van der Waals surface area contributed by atoms with Crippen LogP contribution in [-0.2, 0) is 9.47 Å². The van der Waals surface area contributed by atoms with Crippen LogP contribution in [0.1, 0.15) is 12.8 Å². The van der Waals surface area contributed by atoms with Gasteiger partial charge in [-0.2, -0.15) is 0 Å². The monoisotopic (exact) mass is 132 g/mol. The Morgan fingerprint density at radius 2 is 2.44 bits per heavy atom. The molecule has 0 radical (unpaired) electrons. The summed E-state index contributed by atoms with van der Waals surface area (Å²) in [5.74, 6) is 0. The topological polar surface area (TPSA) is 38.7 Å². The van der Waals surface area contributed by atoms with Crippen molar-refractivity contribution in [3.05, 3.63) is 0 Å². The number of aliphatic hydroxyl groups is 1. The van der Waals surface area contributed by atoms with Crippen molar-refractivity contribution < 1.29 is 14.6 Å². The van der Waals surface area contributed by atoms with Crippen molar-refractivity contribution in [1.29, 1.82) is 0 Å². The molecule has 0 amide bonds. The fraction of sp³-hybridized carbons (Fsp3) is 1.00. The molecule has 0 spiro atoms. The lowest BCUT2D eigenvalue weighted by atomic mass is 10.2. The van der Waals surface area contributed by atoms with Crippen molar-refractivity contribution in [2.24, 2.45) is 0 Å². The molecule has 1 saturated heterocycles. The summed E-state index contributed by atoms with van der Waals surface area (Å²) < 4.78 is 10.1. The lowest BCUT2D eigenvalue weighted by molar-refractivity contribution is -0.122. The molecular weight excluding hydrogens is 120 g/mol. The van der Waals surface area contributed by atoms with Crippen molar-refractivity contribution in [1.82, 2.24) is 0 Å². The standard InChI is InChI=1S/C6H12O3/c1-8-6-3-2-5(4-7)9-6/h5-7H,2-4H2,1H3/t5-,6?/m1/s1. The van der Waals surface area contributed by atoms with Gasteiger partial charge in [0.25, 0.3) is 0 Å². The molecule has 1 aliphatic heterocycles. The van der Waals surface area contributed by atoms with E-state index in [1.54, 1.807) is 7.11 Å². The van der Waals surface area contributed by atoms with Crippen LogP contribution in [0.2, 0.25) is 0 Å². The Bertz CT molecular complexity index is 74.4. The summed E-state index contributed by atoms with van der Waals surface area (Å²) in [6.07, 6.45) is 1.74. The van der Waals surface area contributed by atoms with E-state index in [0.29, 0.717) is 0 Å². The maximum atomic E-state index is 8.60. The molecule has 0 aromatic rings. The van der Waals surface area contributed by atoms with Gasteiger partial charge in [-0.05, 0) is 6.42 Å². The molecule has 3 nitrogen and oxygen atoms in total. The van der Waals surface area contributed by atoms with Crippen molar-refractivity contribution in [2.45, 2.75) is 25.2 Å². The zero-order chi connectivity index (χ0) is 6.69. The lowest BCUT2D eigenvalue weighted by Gasteiger charge is -2.08. The Morgan fingerprint density at radius 1 is 1.67 bits per heavy atom. The molecule has 0 aromatic carbocycles. The number of hydrogen-bond donors (Lipinski definition) is 1. The molecule has 0 aromatic heterocycles. The molecule has 1 unspecified atom stereocenters. The van der Waals surface area contributed by atoms with Gasteiger partial charge in [0, 0.05) is 13.5 Å². The van der Waals surface area contributed by atoms with Gasteiger partial charge in [-0.15, -0.1) is 0 Å². The third-order valence-corrected chi connectivity index (χ3v) is 1.54. The maximum absolute atomic E-state index is 8.60. The zero-order valence-corrected chi connectivity index (χ0v) is 5.54. The first-order chi connectivity index (χ1) is 4.36. The molecule has 0 aliphatic carbocycles. The molecule has 1 fully saturated rings. The smallest absolute Gasteiger partial charge is 0.157 e. The summed E-state index contributed by atoms with van der Waals surface area (Å²) in [6, 6.07) is 0. The van der Waals surface area contributed by atoms with Crippen LogP contribution < -0.4 is 0 Å². The summed E-state index contributed by atoms with van der Waals surface area (Å²) >= 11 is 0. The largest absolute Gasteiger partial charge is 0.394 e. The van der Waals surface area contributed by atoms with Crippen LogP contribution in [0, 0.1) is 0 Å². The van der Waals surface area contributed by atoms with Crippen LogP contribution in [0.25, 0.3) is 0 Å². The third-order valence-electron chi connectivity index (χ3n) is 1.54. The number of aliphatic hydroxyl groups excluding tert-OH is 1. The Kier molecular flexibility index (Phi) is 2.45. The highest BCUT2D eigenvalue weighted by molar-refractivity contribution is 4.65. The Hall–Kier alpha value is -0.120. The highest BCUT2D eigenvalue weighted by Crippen LogP contribution is 2.18. The first-order valence-electron chi connectivity index (χ1n) is 3.16. The van der Waals surface area contributed by atoms with Crippen LogP contribution >= 0.6 is 0 Å². The Balaban J connectivity index is 2.20. The fourth-order valence-corrected chi connectivity index (χ4v) is 0.980. The van der Waals surface area contributed by atoms with Crippen molar-refractivity contribution in [3.63, 3.8) is 0 Å². The number of methoxy groups -OCH3 is 1. The number of ether oxygens (including phenoxy) is 2. The Morgan fingerprint density at radius 3 is 2.78 bits per heavy atom. The van der Waals surface area contributed by atoms with E-state index in [1.807, 2.05) is 0 Å². The summed E-state index contributed by atoms with van der Waals surface area (Å²) in [5.41, 5.74) is 0. The van der Waals surface area contributed by atoms with Gasteiger partial charge in [-0.3, -0.25) is 0 Å². The summed E-state index contributed by atoms with van der Waals surface area (Å²) in [5, 5.41) is 8.60. The third kappa shape index (κ3) is 1.64. The number of rotatable bonds is 2. The zero-order valence-electron chi connectivity index (χ0n) is 5.54.